The highest BCUT2D eigenvalue weighted by atomic mass is 35.5. The van der Waals surface area contributed by atoms with Crippen LogP contribution in [0.2, 0.25) is 10.0 Å². The lowest BCUT2D eigenvalue weighted by Crippen LogP contribution is -2.14. The second kappa shape index (κ2) is 9.14. The summed E-state index contributed by atoms with van der Waals surface area (Å²) in [6.45, 7) is 5.55. The molecule has 2 heterocycles. The maximum Gasteiger partial charge on any atom is 0.268 e. The molecule has 0 unspecified atom stereocenters. The Labute approximate surface area is 200 Å². The predicted molar refractivity (Wildman–Crippen MR) is 129 cm³/mol. The Morgan fingerprint density at radius 2 is 2.03 bits per heavy atom. The number of aliphatic hydroxyl groups excluding tert-OH is 1. The van der Waals surface area contributed by atoms with Gasteiger partial charge in [-0.25, -0.2) is 4.39 Å². The normalized spacial score (nSPS) is 11.9. The number of rotatable bonds is 5. The summed E-state index contributed by atoms with van der Waals surface area (Å²) < 4.78 is 21.3. The van der Waals surface area contributed by atoms with Crippen LogP contribution in [0, 0.1) is 12.7 Å². The van der Waals surface area contributed by atoms with E-state index in [4.69, 9.17) is 32.8 Å². The zero-order valence-corrected chi connectivity index (χ0v) is 19.7. The van der Waals surface area contributed by atoms with Crippen molar-refractivity contribution in [3.05, 3.63) is 80.9 Å². The molecule has 0 saturated carbocycles. The van der Waals surface area contributed by atoms with E-state index in [0.717, 1.165) is 22.6 Å². The van der Waals surface area contributed by atoms with E-state index >= 15 is 0 Å². The van der Waals surface area contributed by atoms with Crippen molar-refractivity contribution in [2.45, 2.75) is 26.7 Å². The van der Waals surface area contributed by atoms with Gasteiger partial charge in [-0.15, -0.1) is 0 Å². The Kier molecular flexibility index (Phi) is 6.43. The summed E-state index contributed by atoms with van der Waals surface area (Å²) >= 11 is 12.6. The van der Waals surface area contributed by atoms with E-state index in [1.54, 1.807) is 18.3 Å². The molecule has 0 amide bonds. The third-order valence-electron chi connectivity index (χ3n) is 5.41. The number of halogens is 3. The number of hydrogen-bond donors (Lipinski definition) is 1. The number of aromatic nitrogens is 2. The number of hydrogen-bond acceptors (Lipinski definition) is 4. The van der Waals surface area contributed by atoms with Gasteiger partial charge in [0.15, 0.2) is 5.76 Å². The molecule has 170 valence electrons. The minimum Gasteiger partial charge on any atom is -0.392 e. The fourth-order valence-electron chi connectivity index (χ4n) is 3.94. The molecule has 0 radical (unpaired) electrons. The molecule has 2 aromatic heterocycles. The molecule has 0 bridgehead atoms. The lowest BCUT2D eigenvalue weighted by Gasteiger charge is -2.10. The van der Waals surface area contributed by atoms with Crippen molar-refractivity contribution in [2.24, 2.45) is 0 Å². The van der Waals surface area contributed by atoms with E-state index in [1.165, 1.54) is 10.6 Å². The Hall–Kier alpha value is -2.93. The van der Waals surface area contributed by atoms with Gasteiger partial charge in [-0.1, -0.05) is 66.5 Å². The van der Waals surface area contributed by atoms with Crippen LogP contribution in [0.15, 0.2) is 47.1 Å². The number of carbonyl (C=O) groups excluding carboxylic acids is 1. The fourth-order valence-corrected chi connectivity index (χ4v) is 4.49. The molecule has 4 rings (SSSR count). The summed E-state index contributed by atoms with van der Waals surface area (Å²) in [5.41, 5.74) is 2.80. The maximum absolute atomic E-state index is 14.3. The molecule has 8 heteroatoms. The molecule has 0 saturated heterocycles. The standard InChI is InChI=1S/C25H21Cl2FN2O3/c1-13(2)24-21(23(29-33-24)20-16(26)9-10-17(28)22(20)27)25(32)30-12-14(3)19-15(7-5-11-31)6-4-8-18(19)30/h4-10,12-13,31H,11H2,1-3H3/b7-5+. The van der Waals surface area contributed by atoms with Gasteiger partial charge in [0.2, 0.25) is 0 Å². The first-order valence-electron chi connectivity index (χ1n) is 10.3. The first-order chi connectivity index (χ1) is 15.8. The smallest absolute Gasteiger partial charge is 0.268 e. The number of nitrogens with zero attached hydrogens (tertiary/aromatic N) is 2. The second-order valence-electron chi connectivity index (χ2n) is 7.96. The largest absolute Gasteiger partial charge is 0.392 e. The van der Waals surface area contributed by atoms with Gasteiger partial charge in [-0.3, -0.25) is 9.36 Å². The van der Waals surface area contributed by atoms with Crippen molar-refractivity contribution in [3.8, 4) is 11.3 Å². The average Bonchev–Trinajstić information content (AvgIpc) is 3.37. The van der Waals surface area contributed by atoms with E-state index in [9.17, 15) is 9.18 Å². The fraction of sp³-hybridized carbons (Fsp3) is 0.200. The molecule has 0 spiro atoms. The van der Waals surface area contributed by atoms with E-state index in [-0.39, 0.29) is 39.4 Å². The van der Waals surface area contributed by atoms with E-state index in [1.807, 2.05) is 39.0 Å². The number of carbonyl (C=O) groups is 1. The number of benzene rings is 2. The van der Waals surface area contributed by atoms with Crippen LogP contribution >= 0.6 is 23.2 Å². The summed E-state index contributed by atoms with van der Waals surface area (Å²) in [5.74, 6) is -0.900. The van der Waals surface area contributed by atoms with Crippen LogP contribution in [0.25, 0.3) is 28.2 Å². The molecular weight excluding hydrogens is 466 g/mol. The van der Waals surface area contributed by atoms with Gasteiger partial charge in [-0.05, 0) is 36.2 Å². The highest BCUT2D eigenvalue weighted by molar-refractivity contribution is 6.39. The Morgan fingerprint density at radius 1 is 1.27 bits per heavy atom. The minimum absolute atomic E-state index is 0.0912. The number of aryl methyl sites for hydroxylation is 1. The first kappa shape index (κ1) is 23.2. The topological polar surface area (TPSA) is 68.3 Å². The summed E-state index contributed by atoms with van der Waals surface area (Å²) in [7, 11) is 0. The van der Waals surface area contributed by atoms with Crippen LogP contribution < -0.4 is 0 Å². The maximum atomic E-state index is 14.3. The summed E-state index contributed by atoms with van der Waals surface area (Å²) in [4.78, 5) is 13.9. The highest BCUT2D eigenvalue weighted by Crippen LogP contribution is 2.40. The van der Waals surface area contributed by atoms with Crippen LogP contribution in [0.5, 0.6) is 0 Å². The average molecular weight is 487 g/mol. The van der Waals surface area contributed by atoms with E-state index in [0.29, 0.717) is 11.3 Å². The molecule has 1 N–H and O–H groups in total. The summed E-state index contributed by atoms with van der Waals surface area (Å²) in [6, 6.07) is 8.10. The minimum atomic E-state index is -0.675. The summed E-state index contributed by atoms with van der Waals surface area (Å²) in [6.07, 6.45) is 5.18. The van der Waals surface area contributed by atoms with Crippen molar-refractivity contribution in [3.63, 3.8) is 0 Å². The Bertz CT molecular complexity index is 1400. The quantitative estimate of drug-likeness (QED) is 0.312. The van der Waals surface area contributed by atoms with Gasteiger partial charge in [0.25, 0.3) is 5.91 Å². The molecule has 0 aliphatic rings. The lowest BCUT2D eigenvalue weighted by atomic mass is 10.00. The molecule has 4 aromatic rings. The van der Waals surface area contributed by atoms with Crippen LogP contribution in [0.1, 0.15) is 47.0 Å². The number of aliphatic hydroxyl groups is 1. The molecule has 0 fully saturated rings. The van der Waals surface area contributed by atoms with E-state index < -0.39 is 11.7 Å². The molecule has 33 heavy (non-hydrogen) atoms. The lowest BCUT2D eigenvalue weighted by molar-refractivity contribution is 0.0963. The molecule has 2 aromatic carbocycles. The Balaban J connectivity index is 1.97. The predicted octanol–water partition coefficient (Wildman–Crippen LogP) is 6.87. The molecule has 0 aliphatic carbocycles. The zero-order chi connectivity index (χ0) is 23.9. The monoisotopic (exact) mass is 486 g/mol. The first-order valence-corrected chi connectivity index (χ1v) is 11.1. The van der Waals surface area contributed by atoms with Gasteiger partial charge in [-0.2, -0.15) is 0 Å². The van der Waals surface area contributed by atoms with Crippen LogP contribution in [-0.4, -0.2) is 27.3 Å². The van der Waals surface area contributed by atoms with Crippen LogP contribution in [-0.2, 0) is 0 Å². The highest BCUT2D eigenvalue weighted by Gasteiger charge is 2.30. The zero-order valence-electron chi connectivity index (χ0n) is 18.2. The molecule has 0 aliphatic heterocycles. The third-order valence-corrected chi connectivity index (χ3v) is 6.09. The van der Waals surface area contributed by atoms with Crippen molar-refractivity contribution in [2.75, 3.05) is 6.61 Å². The second-order valence-corrected chi connectivity index (χ2v) is 8.74. The van der Waals surface area contributed by atoms with Gasteiger partial charge >= 0.3 is 0 Å². The van der Waals surface area contributed by atoms with Crippen LogP contribution in [0.3, 0.4) is 0 Å². The van der Waals surface area contributed by atoms with Crippen molar-refractivity contribution >= 4 is 46.1 Å². The SMILES string of the molecule is Cc1cn(C(=O)c2c(-c3c(Cl)ccc(F)c3Cl)noc2C(C)C)c2cccc(/C=C/CO)c12. The summed E-state index contributed by atoms with van der Waals surface area (Å²) in [5, 5.41) is 14.0. The van der Waals surface area contributed by atoms with Crippen molar-refractivity contribution in [1.29, 1.82) is 0 Å². The van der Waals surface area contributed by atoms with Gasteiger partial charge in [0, 0.05) is 23.1 Å². The molecule has 5 nitrogen and oxygen atoms in total. The van der Waals surface area contributed by atoms with Gasteiger partial charge in [0.05, 0.1) is 22.2 Å². The van der Waals surface area contributed by atoms with E-state index in [2.05, 4.69) is 5.16 Å². The number of fused-ring (bicyclic) bond motifs is 1. The van der Waals surface area contributed by atoms with Crippen molar-refractivity contribution in [1.82, 2.24) is 9.72 Å². The van der Waals surface area contributed by atoms with Gasteiger partial charge in [0.1, 0.15) is 17.1 Å². The molecule has 0 atom stereocenters. The third kappa shape index (κ3) is 3.99. The van der Waals surface area contributed by atoms with Gasteiger partial charge < -0.3 is 9.63 Å². The van der Waals surface area contributed by atoms with Crippen LogP contribution in [0.4, 0.5) is 4.39 Å². The molecular formula is C25H21Cl2FN2O3. The Morgan fingerprint density at radius 3 is 2.73 bits per heavy atom. The van der Waals surface area contributed by atoms with Crippen molar-refractivity contribution < 1.29 is 18.8 Å².